The third kappa shape index (κ3) is 4.66. The van der Waals surface area contributed by atoms with Crippen molar-refractivity contribution in [2.45, 2.75) is 13.0 Å². The molecular weight excluding hydrogens is 322 g/mol. The Hall–Kier alpha value is -1.08. The lowest BCUT2D eigenvalue weighted by Gasteiger charge is -2.13. The summed E-state index contributed by atoms with van der Waals surface area (Å²) in [5.74, 6) is -0.589. The summed E-state index contributed by atoms with van der Waals surface area (Å²) in [6.07, 6.45) is 1.11. The van der Waals surface area contributed by atoms with Crippen molar-refractivity contribution in [3.8, 4) is 5.75 Å². The van der Waals surface area contributed by atoms with E-state index in [2.05, 4.69) is 21.2 Å². The summed E-state index contributed by atoms with van der Waals surface area (Å²) in [4.78, 5) is 11.8. The molecule has 7 heteroatoms. The van der Waals surface area contributed by atoms with Gasteiger partial charge in [-0.1, -0.05) is 0 Å². The Kier molecular flexibility index (Phi) is 4.75. The van der Waals surface area contributed by atoms with Gasteiger partial charge in [-0.3, -0.25) is 4.79 Å². The van der Waals surface area contributed by atoms with Crippen molar-refractivity contribution in [3.63, 3.8) is 0 Å². The first-order valence-electron chi connectivity index (χ1n) is 5.16. The number of sulfone groups is 1. The van der Waals surface area contributed by atoms with Crippen molar-refractivity contribution in [2.75, 3.05) is 12.0 Å². The van der Waals surface area contributed by atoms with Gasteiger partial charge in [0.2, 0.25) is 0 Å². The minimum atomic E-state index is -3.14. The summed E-state index contributed by atoms with van der Waals surface area (Å²) in [5, 5.41) is 12.0. The number of halogens is 1. The van der Waals surface area contributed by atoms with Crippen molar-refractivity contribution < 1.29 is 18.3 Å². The fourth-order valence-electron chi connectivity index (χ4n) is 1.46. The Morgan fingerprint density at radius 1 is 1.50 bits per heavy atom. The molecule has 0 saturated carbocycles. The highest BCUT2D eigenvalue weighted by atomic mass is 79.9. The van der Waals surface area contributed by atoms with E-state index in [4.69, 9.17) is 0 Å². The van der Waals surface area contributed by atoms with Gasteiger partial charge in [-0.15, -0.1) is 0 Å². The molecule has 2 N–H and O–H groups in total. The number of benzene rings is 1. The van der Waals surface area contributed by atoms with Crippen molar-refractivity contribution in [1.29, 1.82) is 0 Å². The predicted octanol–water partition coefficient (Wildman–Crippen LogP) is 1.32. The molecule has 1 aromatic rings. The molecular formula is C11H14BrNO4S. The zero-order valence-electron chi connectivity index (χ0n) is 9.97. The van der Waals surface area contributed by atoms with Gasteiger partial charge in [-0.2, -0.15) is 0 Å². The molecule has 100 valence electrons. The van der Waals surface area contributed by atoms with Gasteiger partial charge >= 0.3 is 0 Å². The van der Waals surface area contributed by atoms with E-state index in [0.717, 1.165) is 6.26 Å². The number of phenolic OH excluding ortho intramolecular Hbond substituents is 1. The van der Waals surface area contributed by atoms with Gasteiger partial charge in [0.1, 0.15) is 15.6 Å². The van der Waals surface area contributed by atoms with Gasteiger partial charge in [0.05, 0.1) is 10.2 Å². The van der Waals surface area contributed by atoms with Crippen LogP contribution in [-0.2, 0) is 9.84 Å². The fraction of sp³-hybridized carbons (Fsp3) is 0.364. The molecule has 0 saturated heterocycles. The summed E-state index contributed by atoms with van der Waals surface area (Å²) in [6, 6.07) is 3.91. The van der Waals surface area contributed by atoms with Crippen LogP contribution < -0.4 is 5.32 Å². The summed E-state index contributed by atoms with van der Waals surface area (Å²) in [6.45, 7) is 1.61. The average Bonchev–Trinajstić information content (AvgIpc) is 2.18. The first-order valence-corrected chi connectivity index (χ1v) is 8.01. The first kappa shape index (κ1) is 15.0. The van der Waals surface area contributed by atoms with Crippen LogP contribution in [0.15, 0.2) is 22.7 Å². The van der Waals surface area contributed by atoms with Crippen molar-refractivity contribution in [1.82, 2.24) is 5.32 Å². The van der Waals surface area contributed by atoms with Gasteiger partial charge < -0.3 is 10.4 Å². The van der Waals surface area contributed by atoms with Crippen LogP contribution >= 0.6 is 15.9 Å². The van der Waals surface area contributed by atoms with Crippen molar-refractivity contribution in [3.05, 3.63) is 28.2 Å². The fourth-order valence-corrected chi connectivity index (χ4v) is 2.70. The number of amides is 1. The smallest absolute Gasteiger partial charge is 0.251 e. The zero-order chi connectivity index (χ0) is 13.9. The van der Waals surface area contributed by atoms with Gasteiger partial charge in [-0.05, 0) is 41.1 Å². The highest BCUT2D eigenvalue weighted by Gasteiger charge is 2.15. The molecule has 0 aliphatic rings. The highest BCUT2D eigenvalue weighted by molar-refractivity contribution is 9.10. The number of hydrogen-bond acceptors (Lipinski definition) is 4. The molecule has 0 spiro atoms. The summed E-state index contributed by atoms with van der Waals surface area (Å²) in [7, 11) is -3.14. The molecule has 0 heterocycles. The third-order valence-electron chi connectivity index (χ3n) is 2.14. The molecule has 0 aromatic heterocycles. The van der Waals surface area contributed by atoms with Gasteiger partial charge in [0, 0.05) is 17.9 Å². The topological polar surface area (TPSA) is 83.5 Å². The van der Waals surface area contributed by atoms with E-state index in [9.17, 15) is 18.3 Å². The van der Waals surface area contributed by atoms with Crippen LogP contribution in [0.5, 0.6) is 5.75 Å². The number of rotatable bonds is 4. The quantitative estimate of drug-likeness (QED) is 0.869. The molecule has 0 bridgehead atoms. The van der Waals surface area contributed by atoms with E-state index < -0.39 is 21.8 Å². The Morgan fingerprint density at radius 3 is 2.61 bits per heavy atom. The van der Waals surface area contributed by atoms with Crippen LogP contribution in [0.4, 0.5) is 0 Å². The van der Waals surface area contributed by atoms with E-state index in [-0.39, 0.29) is 17.1 Å². The number of phenols is 1. The molecule has 0 radical (unpaired) electrons. The molecule has 0 aliphatic carbocycles. The lowest BCUT2D eigenvalue weighted by Crippen LogP contribution is -2.37. The second-order valence-electron chi connectivity index (χ2n) is 4.13. The monoisotopic (exact) mass is 335 g/mol. The zero-order valence-corrected chi connectivity index (χ0v) is 12.4. The number of carbonyl (C=O) groups is 1. The Labute approximate surface area is 114 Å². The van der Waals surface area contributed by atoms with Crippen molar-refractivity contribution >= 4 is 31.7 Å². The van der Waals surface area contributed by atoms with Gasteiger partial charge in [0.15, 0.2) is 0 Å². The van der Waals surface area contributed by atoms with Crippen LogP contribution in [0.1, 0.15) is 17.3 Å². The largest absolute Gasteiger partial charge is 0.507 e. The number of hydrogen-bond donors (Lipinski definition) is 2. The minimum absolute atomic E-state index is 0.0431. The first-order chi connectivity index (χ1) is 8.19. The van der Waals surface area contributed by atoms with Crippen LogP contribution in [0.3, 0.4) is 0 Å². The molecule has 18 heavy (non-hydrogen) atoms. The molecule has 0 aliphatic heterocycles. The highest BCUT2D eigenvalue weighted by Crippen LogP contribution is 2.24. The maximum Gasteiger partial charge on any atom is 0.251 e. The molecule has 5 nitrogen and oxygen atoms in total. The van der Waals surface area contributed by atoms with Crippen LogP contribution in [0.25, 0.3) is 0 Å². The summed E-state index contributed by atoms with van der Waals surface area (Å²) >= 11 is 3.11. The van der Waals surface area contributed by atoms with Crippen LogP contribution in [-0.4, -0.2) is 37.5 Å². The Balaban J connectivity index is 2.73. The van der Waals surface area contributed by atoms with E-state index in [1.54, 1.807) is 13.0 Å². The minimum Gasteiger partial charge on any atom is -0.507 e. The normalized spacial score (nSPS) is 13.1. The van der Waals surface area contributed by atoms with E-state index in [1.165, 1.54) is 12.1 Å². The number of carbonyl (C=O) groups excluding carboxylic acids is 1. The molecule has 1 atom stereocenters. The third-order valence-corrected chi connectivity index (χ3v) is 3.91. The molecule has 0 fully saturated rings. The lowest BCUT2D eigenvalue weighted by atomic mass is 10.2. The standard InChI is InChI=1S/C11H14BrNO4S/c1-7(6-18(2,16)17)13-11(15)8-3-4-9(12)10(14)5-8/h3-5,7,14H,6H2,1-2H3,(H,13,15). The van der Waals surface area contributed by atoms with Crippen molar-refractivity contribution in [2.24, 2.45) is 0 Å². The molecule has 1 unspecified atom stereocenters. The second kappa shape index (κ2) is 5.71. The number of nitrogens with one attached hydrogen (secondary N) is 1. The lowest BCUT2D eigenvalue weighted by molar-refractivity contribution is 0.0943. The number of aromatic hydroxyl groups is 1. The van der Waals surface area contributed by atoms with Crippen LogP contribution in [0, 0.1) is 0 Å². The average molecular weight is 336 g/mol. The summed E-state index contributed by atoms with van der Waals surface area (Å²) < 4.78 is 22.6. The predicted molar refractivity (Wildman–Crippen MR) is 72.4 cm³/mol. The van der Waals surface area contributed by atoms with E-state index in [1.807, 2.05) is 0 Å². The Bertz CT molecular complexity index is 556. The maximum absolute atomic E-state index is 11.8. The maximum atomic E-state index is 11.8. The molecule has 1 aromatic carbocycles. The van der Waals surface area contributed by atoms with Gasteiger partial charge in [0.25, 0.3) is 5.91 Å². The SMILES string of the molecule is CC(CS(C)(=O)=O)NC(=O)c1ccc(Br)c(O)c1. The second-order valence-corrected chi connectivity index (χ2v) is 7.17. The molecule has 1 amide bonds. The van der Waals surface area contributed by atoms with Crippen LogP contribution in [0.2, 0.25) is 0 Å². The summed E-state index contributed by atoms with van der Waals surface area (Å²) in [5.41, 5.74) is 0.274. The van der Waals surface area contributed by atoms with E-state index in [0.29, 0.717) is 4.47 Å². The Morgan fingerprint density at radius 2 is 2.11 bits per heavy atom. The molecule has 1 rings (SSSR count). The van der Waals surface area contributed by atoms with E-state index >= 15 is 0 Å². The van der Waals surface area contributed by atoms with Gasteiger partial charge in [-0.25, -0.2) is 8.42 Å².